The molecule has 0 aromatic heterocycles. The van der Waals surface area contributed by atoms with Gasteiger partial charge in [-0.15, -0.1) is 24.0 Å². The van der Waals surface area contributed by atoms with Gasteiger partial charge in [0, 0.05) is 19.6 Å². The molecule has 150 valence electrons. The maximum Gasteiger partial charge on any atom is 0.211 e. The molecule has 0 saturated heterocycles. The third-order valence-corrected chi connectivity index (χ3v) is 5.38. The lowest BCUT2D eigenvalue weighted by atomic mass is 10.1. The molecular weight excluding hydrogens is 455 g/mol. The van der Waals surface area contributed by atoms with E-state index in [-0.39, 0.29) is 29.7 Å². The number of rotatable bonds is 10. The van der Waals surface area contributed by atoms with Crippen LogP contribution in [0, 0.1) is 0 Å². The zero-order chi connectivity index (χ0) is 17.7. The summed E-state index contributed by atoms with van der Waals surface area (Å²) in [4.78, 5) is 4.36. The minimum absolute atomic E-state index is 0. The minimum Gasteiger partial charge on any atom is -0.376 e. The van der Waals surface area contributed by atoms with Gasteiger partial charge in [0.05, 0.1) is 25.0 Å². The number of guanidine groups is 1. The summed E-state index contributed by atoms with van der Waals surface area (Å²) >= 11 is 0. The van der Waals surface area contributed by atoms with Gasteiger partial charge >= 0.3 is 0 Å². The number of sulfonamides is 1. The maximum atomic E-state index is 11.3. The van der Waals surface area contributed by atoms with Gasteiger partial charge < -0.3 is 15.4 Å². The van der Waals surface area contributed by atoms with Crippen molar-refractivity contribution in [2.24, 2.45) is 4.99 Å². The largest absolute Gasteiger partial charge is 0.376 e. The first-order valence-corrected chi connectivity index (χ1v) is 10.8. The number of halogens is 1. The Morgan fingerprint density at radius 2 is 1.76 bits per heavy atom. The van der Waals surface area contributed by atoms with Gasteiger partial charge in [0.25, 0.3) is 0 Å². The molecule has 1 rings (SSSR count). The van der Waals surface area contributed by atoms with Crippen LogP contribution in [0.1, 0.15) is 52.4 Å². The quantitative estimate of drug-likeness (QED) is 0.143. The van der Waals surface area contributed by atoms with Crippen molar-refractivity contribution in [2.45, 2.75) is 58.5 Å². The Morgan fingerprint density at radius 3 is 2.36 bits per heavy atom. The zero-order valence-electron chi connectivity index (χ0n) is 15.6. The predicted octanol–water partition coefficient (Wildman–Crippen LogP) is 1.84. The second kappa shape index (κ2) is 15.0. The summed E-state index contributed by atoms with van der Waals surface area (Å²) in [6, 6.07) is 0. The van der Waals surface area contributed by atoms with Gasteiger partial charge in [-0.25, -0.2) is 13.1 Å². The van der Waals surface area contributed by atoms with Crippen LogP contribution in [-0.2, 0) is 14.8 Å². The average Bonchev–Trinajstić information content (AvgIpc) is 2.84. The Hall–Kier alpha value is -0.130. The van der Waals surface area contributed by atoms with E-state index in [4.69, 9.17) is 4.74 Å². The molecule has 0 radical (unpaired) electrons. The van der Waals surface area contributed by atoms with Crippen LogP contribution >= 0.6 is 24.0 Å². The molecule has 0 unspecified atom stereocenters. The zero-order valence-corrected chi connectivity index (χ0v) is 18.7. The van der Waals surface area contributed by atoms with Crippen molar-refractivity contribution in [2.75, 3.05) is 38.5 Å². The molecule has 0 amide bonds. The fourth-order valence-electron chi connectivity index (χ4n) is 2.62. The standard InChI is InChI=1S/C16H34N4O3S.HI/c1-3-17-16(18-11-12-20-24(21,22)4-2)19-13-14-23-15-9-7-5-6-8-10-15;/h15,20H,3-14H2,1-2H3,(H2,17,18,19);1H. The molecule has 9 heteroatoms. The van der Waals surface area contributed by atoms with E-state index in [9.17, 15) is 8.42 Å². The summed E-state index contributed by atoms with van der Waals surface area (Å²) in [5.41, 5.74) is 0. The number of hydrogen-bond donors (Lipinski definition) is 3. The first-order chi connectivity index (χ1) is 11.6. The Balaban J connectivity index is 0.00000576. The van der Waals surface area contributed by atoms with Crippen molar-refractivity contribution in [1.29, 1.82) is 0 Å². The highest BCUT2D eigenvalue weighted by molar-refractivity contribution is 14.0. The van der Waals surface area contributed by atoms with Gasteiger partial charge in [-0.1, -0.05) is 25.7 Å². The van der Waals surface area contributed by atoms with Crippen LogP contribution in [0.4, 0.5) is 0 Å². The van der Waals surface area contributed by atoms with Gasteiger partial charge in [0.15, 0.2) is 5.96 Å². The van der Waals surface area contributed by atoms with E-state index < -0.39 is 10.0 Å². The van der Waals surface area contributed by atoms with Crippen LogP contribution < -0.4 is 15.4 Å². The summed E-state index contributed by atoms with van der Waals surface area (Å²) in [7, 11) is -3.15. The van der Waals surface area contributed by atoms with Crippen molar-refractivity contribution < 1.29 is 13.2 Å². The van der Waals surface area contributed by atoms with Crippen LogP contribution in [0.3, 0.4) is 0 Å². The predicted molar refractivity (Wildman–Crippen MR) is 114 cm³/mol. The van der Waals surface area contributed by atoms with E-state index in [1.165, 1.54) is 38.5 Å². The van der Waals surface area contributed by atoms with Gasteiger partial charge in [-0.05, 0) is 26.7 Å². The molecule has 0 aromatic carbocycles. The molecule has 3 N–H and O–H groups in total. The van der Waals surface area contributed by atoms with E-state index in [1.807, 2.05) is 6.92 Å². The van der Waals surface area contributed by atoms with Gasteiger partial charge in [0.1, 0.15) is 0 Å². The minimum atomic E-state index is -3.15. The molecule has 0 aromatic rings. The summed E-state index contributed by atoms with van der Waals surface area (Å²) in [6.07, 6.45) is 7.95. The van der Waals surface area contributed by atoms with E-state index in [1.54, 1.807) is 6.92 Å². The number of hydrogen-bond acceptors (Lipinski definition) is 4. The van der Waals surface area contributed by atoms with Crippen LogP contribution in [0.2, 0.25) is 0 Å². The molecule has 7 nitrogen and oxygen atoms in total. The second-order valence-electron chi connectivity index (χ2n) is 5.97. The fourth-order valence-corrected chi connectivity index (χ4v) is 3.22. The molecule has 0 heterocycles. The average molecular weight is 490 g/mol. The van der Waals surface area contributed by atoms with E-state index >= 15 is 0 Å². The molecular formula is C16H35IN4O3S. The SMILES string of the molecule is CCNC(=NCCNS(=O)(=O)CC)NCCOC1CCCCCC1.I. The number of nitrogens with one attached hydrogen (secondary N) is 3. The van der Waals surface area contributed by atoms with Gasteiger partial charge in [-0.3, -0.25) is 4.99 Å². The third kappa shape index (κ3) is 12.8. The molecule has 0 aliphatic heterocycles. The molecule has 1 saturated carbocycles. The van der Waals surface area contributed by atoms with Crippen molar-refractivity contribution >= 4 is 40.0 Å². The Morgan fingerprint density at radius 1 is 1.08 bits per heavy atom. The van der Waals surface area contributed by atoms with Crippen molar-refractivity contribution in [3.8, 4) is 0 Å². The summed E-state index contributed by atoms with van der Waals surface area (Å²) < 4.78 is 31.1. The lowest BCUT2D eigenvalue weighted by molar-refractivity contribution is 0.0468. The van der Waals surface area contributed by atoms with Gasteiger partial charge in [-0.2, -0.15) is 0 Å². The monoisotopic (exact) mass is 490 g/mol. The Bertz CT molecular complexity index is 452. The van der Waals surface area contributed by atoms with E-state index in [0.29, 0.717) is 38.3 Å². The molecule has 1 aliphatic rings. The molecule has 0 spiro atoms. The first kappa shape index (κ1) is 24.9. The van der Waals surface area contributed by atoms with Crippen molar-refractivity contribution in [3.63, 3.8) is 0 Å². The van der Waals surface area contributed by atoms with E-state index in [2.05, 4.69) is 20.3 Å². The topological polar surface area (TPSA) is 91.8 Å². The van der Waals surface area contributed by atoms with Crippen LogP contribution in [-0.4, -0.2) is 59.0 Å². The van der Waals surface area contributed by atoms with Crippen LogP contribution in [0.15, 0.2) is 4.99 Å². The second-order valence-corrected chi connectivity index (χ2v) is 8.07. The highest BCUT2D eigenvalue weighted by Crippen LogP contribution is 2.19. The highest BCUT2D eigenvalue weighted by atomic mass is 127. The number of aliphatic imine (C=N–C) groups is 1. The van der Waals surface area contributed by atoms with Crippen molar-refractivity contribution in [3.05, 3.63) is 0 Å². The third-order valence-electron chi connectivity index (χ3n) is 3.98. The van der Waals surface area contributed by atoms with Gasteiger partial charge in [0.2, 0.25) is 10.0 Å². The Kier molecular flexibility index (Phi) is 14.9. The normalized spacial score (nSPS) is 16.8. The lowest BCUT2D eigenvalue weighted by Crippen LogP contribution is -2.40. The maximum absolute atomic E-state index is 11.3. The summed E-state index contributed by atoms with van der Waals surface area (Å²) in [6.45, 7) is 6.45. The van der Waals surface area contributed by atoms with E-state index in [0.717, 1.165) is 6.54 Å². The van der Waals surface area contributed by atoms with Crippen molar-refractivity contribution in [1.82, 2.24) is 15.4 Å². The van der Waals surface area contributed by atoms with Crippen LogP contribution in [0.25, 0.3) is 0 Å². The van der Waals surface area contributed by atoms with Crippen LogP contribution in [0.5, 0.6) is 0 Å². The first-order valence-electron chi connectivity index (χ1n) is 9.18. The Labute approximate surface area is 170 Å². The number of nitrogens with zero attached hydrogens (tertiary/aromatic N) is 1. The molecule has 1 fully saturated rings. The molecule has 0 atom stereocenters. The fraction of sp³-hybridized carbons (Fsp3) is 0.938. The molecule has 1 aliphatic carbocycles. The highest BCUT2D eigenvalue weighted by Gasteiger charge is 2.12. The molecule has 25 heavy (non-hydrogen) atoms. The molecule has 0 bridgehead atoms. The summed E-state index contributed by atoms with van der Waals surface area (Å²) in [5.74, 6) is 0.783. The smallest absolute Gasteiger partial charge is 0.211 e. The lowest BCUT2D eigenvalue weighted by Gasteiger charge is -2.16. The summed E-state index contributed by atoms with van der Waals surface area (Å²) in [5, 5.41) is 6.37. The number of ether oxygens (including phenoxy) is 1.